The van der Waals surface area contributed by atoms with Gasteiger partial charge in [-0.3, -0.25) is 0 Å². The van der Waals surface area contributed by atoms with Crippen molar-refractivity contribution in [2.45, 2.75) is 19.8 Å². The molecule has 2 N–H and O–H groups in total. The van der Waals surface area contributed by atoms with Gasteiger partial charge < -0.3 is 10.5 Å². The van der Waals surface area contributed by atoms with Crippen molar-refractivity contribution >= 4 is 5.69 Å². The summed E-state index contributed by atoms with van der Waals surface area (Å²) in [6.07, 6.45) is 2.94. The van der Waals surface area contributed by atoms with Gasteiger partial charge in [0.25, 0.3) is 0 Å². The molecule has 1 aromatic heterocycles. The van der Waals surface area contributed by atoms with E-state index in [0.29, 0.717) is 17.5 Å². The van der Waals surface area contributed by atoms with Crippen molar-refractivity contribution in [2.24, 2.45) is 0 Å². The first-order valence-electron chi connectivity index (χ1n) is 5.50. The van der Waals surface area contributed by atoms with Crippen LogP contribution in [0.3, 0.4) is 0 Å². The topological polar surface area (TPSA) is 61.0 Å². The monoisotopic (exact) mass is 229 g/mol. The van der Waals surface area contributed by atoms with E-state index in [0.717, 1.165) is 5.75 Å². The number of nitrogens with two attached hydrogens (primary N) is 1. The highest BCUT2D eigenvalue weighted by atomic mass is 16.5. The van der Waals surface area contributed by atoms with Crippen LogP contribution in [0.4, 0.5) is 5.69 Å². The molecule has 1 heterocycles. The highest BCUT2D eigenvalue weighted by molar-refractivity contribution is 5.47. The maximum Gasteiger partial charge on any atom is 0.245 e. The summed E-state index contributed by atoms with van der Waals surface area (Å²) in [6.45, 7) is 4.27. The molecule has 2 aromatic rings. The van der Waals surface area contributed by atoms with E-state index in [1.807, 2.05) is 18.2 Å². The Morgan fingerprint density at radius 3 is 2.82 bits per heavy atom. The number of ether oxygens (including phenoxy) is 1. The van der Waals surface area contributed by atoms with Gasteiger partial charge in [-0.1, -0.05) is 26.0 Å². The van der Waals surface area contributed by atoms with E-state index in [2.05, 4.69) is 29.9 Å². The smallest absolute Gasteiger partial charge is 0.245 e. The van der Waals surface area contributed by atoms with Crippen molar-refractivity contribution in [3.05, 3.63) is 42.4 Å². The van der Waals surface area contributed by atoms with Crippen LogP contribution in [0.15, 0.2) is 36.8 Å². The molecule has 0 aliphatic heterocycles. The lowest BCUT2D eigenvalue weighted by atomic mass is 10.0. The molecular formula is C13H15N3O. The van der Waals surface area contributed by atoms with Crippen molar-refractivity contribution in [1.82, 2.24) is 9.97 Å². The summed E-state index contributed by atoms with van der Waals surface area (Å²) in [5.41, 5.74) is 7.37. The number of nitrogen functional groups attached to an aromatic ring is 1. The Morgan fingerprint density at radius 1 is 1.29 bits per heavy atom. The first-order chi connectivity index (χ1) is 8.16. The van der Waals surface area contributed by atoms with Gasteiger partial charge in [0.2, 0.25) is 5.88 Å². The highest BCUT2D eigenvalue weighted by Gasteiger charge is 2.05. The number of nitrogens with zero attached hydrogens (tertiary/aromatic N) is 2. The molecule has 0 unspecified atom stereocenters. The minimum atomic E-state index is 0.390. The number of anilines is 1. The third-order valence-corrected chi connectivity index (χ3v) is 2.44. The molecule has 1 aromatic carbocycles. The zero-order valence-corrected chi connectivity index (χ0v) is 9.92. The van der Waals surface area contributed by atoms with E-state index < -0.39 is 0 Å². The second-order valence-corrected chi connectivity index (χ2v) is 4.11. The minimum Gasteiger partial charge on any atom is -0.437 e. The van der Waals surface area contributed by atoms with Gasteiger partial charge in [-0.05, 0) is 23.6 Å². The molecule has 0 radical (unpaired) electrons. The quantitative estimate of drug-likeness (QED) is 0.878. The van der Waals surface area contributed by atoms with Crippen LogP contribution in [0.1, 0.15) is 25.3 Å². The average Bonchev–Trinajstić information content (AvgIpc) is 2.32. The second-order valence-electron chi connectivity index (χ2n) is 4.11. The molecule has 4 nitrogen and oxygen atoms in total. The van der Waals surface area contributed by atoms with Crippen molar-refractivity contribution in [1.29, 1.82) is 0 Å². The molecule has 0 amide bonds. The molecule has 0 atom stereocenters. The van der Waals surface area contributed by atoms with Gasteiger partial charge in [0.15, 0.2) is 0 Å². The lowest BCUT2D eigenvalue weighted by Gasteiger charge is -2.09. The van der Waals surface area contributed by atoms with E-state index >= 15 is 0 Å². The summed E-state index contributed by atoms with van der Waals surface area (Å²) in [5, 5.41) is 0. The Balaban J connectivity index is 2.25. The fraction of sp³-hybridized carbons (Fsp3) is 0.231. The van der Waals surface area contributed by atoms with Crippen LogP contribution in [0, 0.1) is 0 Å². The predicted molar refractivity (Wildman–Crippen MR) is 67.0 cm³/mol. The van der Waals surface area contributed by atoms with Gasteiger partial charge in [0, 0.05) is 0 Å². The van der Waals surface area contributed by atoms with Crippen LogP contribution in [-0.4, -0.2) is 9.97 Å². The number of benzene rings is 1. The lowest BCUT2D eigenvalue weighted by Crippen LogP contribution is -1.96. The van der Waals surface area contributed by atoms with Crippen molar-refractivity contribution in [3.8, 4) is 11.6 Å². The maximum absolute atomic E-state index is 5.72. The summed E-state index contributed by atoms with van der Waals surface area (Å²) in [6, 6.07) is 7.91. The first kappa shape index (κ1) is 11.4. The van der Waals surface area contributed by atoms with Crippen molar-refractivity contribution < 1.29 is 4.74 Å². The van der Waals surface area contributed by atoms with Crippen LogP contribution in [-0.2, 0) is 0 Å². The zero-order valence-electron chi connectivity index (χ0n) is 9.92. The molecular weight excluding hydrogens is 214 g/mol. The lowest BCUT2D eigenvalue weighted by molar-refractivity contribution is 0.463. The molecule has 0 aliphatic rings. The van der Waals surface area contributed by atoms with Gasteiger partial charge in [-0.15, -0.1) is 0 Å². The van der Waals surface area contributed by atoms with Crippen LogP contribution >= 0.6 is 0 Å². The van der Waals surface area contributed by atoms with Crippen LogP contribution in [0.25, 0.3) is 0 Å². The summed E-state index contributed by atoms with van der Waals surface area (Å²) in [4.78, 5) is 7.81. The fourth-order valence-electron chi connectivity index (χ4n) is 1.46. The van der Waals surface area contributed by atoms with Gasteiger partial charge in [-0.25, -0.2) is 4.98 Å². The van der Waals surface area contributed by atoms with Crippen LogP contribution in [0.5, 0.6) is 11.6 Å². The summed E-state index contributed by atoms with van der Waals surface area (Å²) in [7, 11) is 0. The SMILES string of the molecule is CC(C)c1cccc(Oc2ncncc2N)c1. The Morgan fingerprint density at radius 2 is 2.12 bits per heavy atom. The van der Waals surface area contributed by atoms with Crippen molar-refractivity contribution in [3.63, 3.8) is 0 Å². The van der Waals surface area contributed by atoms with E-state index in [4.69, 9.17) is 10.5 Å². The molecule has 88 valence electrons. The van der Waals surface area contributed by atoms with E-state index in [1.54, 1.807) is 0 Å². The molecule has 0 fully saturated rings. The van der Waals surface area contributed by atoms with E-state index in [9.17, 15) is 0 Å². The van der Waals surface area contributed by atoms with E-state index in [-0.39, 0.29) is 0 Å². The molecule has 17 heavy (non-hydrogen) atoms. The average molecular weight is 229 g/mol. The second kappa shape index (κ2) is 4.82. The normalized spacial score (nSPS) is 10.5. The standard InChI is InChI=1S/C13H15N3O/c1-9(2)10-4-3-5-11(6-10)17-13-12(14)7-15-8-16-13/h3-9H,14H2,1-2H3. The predicted octanol–water partition coefficient (Wildman–Crippen LogP) is 2.97. The van der Waals surface area contributed by atoms with Crippen LogP contribution < -0.4 is 10.5 Å². The van der Waals surface area contributed by atoms with Gasteiger partial charge in [0.1, 0.15) is 17.8 Å². The number of hydrogen-bond acceptors (Lipinski definition) is 4. The molecule has 0 saturated heterocycles. The van der Waals surface area contributed by atoms with E-state index in [1.165, 1.54) is 18.1 Å². The molecule has 0 bridgehead atoms. The van der Waals surface area contributed by atoms with Gasteiger partial charge >= 0.3 is 0 Å². The minimum absolute atomic E-state index is 0.390. The molecule has 0 spiro atoms. The van der Waals surface area contributed by atoms with Gasteiger partial charge in [0.05, 0.1) is 6.20 Å². The summed E-state index contributed by atoms with van der Waals surface area (Å²) in [5.74, 6) is 1.59. The van der Waals surface area contributed by atoms with Crippen LogP contribution in [0.2, 0.25) is 0 Å². The molecule has 4 heteroatoms. The fourth-order valence-corrected chi connectivity index (χ4v) is 1.46. The third-order valence-electron chi connectivity index (χ3n) is 2.44. The number of rotatable bonds is 3. The molecule has 0 saturated carbocycles. The molecule has 2 rings (SSSR count). The molecule has 0 aliphatic carbocycles. The Bertz CT molecular complexity index is 512. The Kier molecular flexibility index (Phi) is 3.23. The Hall–Kier alpha value is -2.10. The zero-order chi connectivity index (χ0) is 12.3. The van der Waals surface area contributed by atoms with Crippen molar-refractivity contribution in [2.75, 3.05) is 5.73 Å². The maximum atomic E-state index is 5.72. The summed E-state index contributed by atoms with van der Waals surface area (Å²) >= 11 is 0. The highest BCUT2D eigenvalue weighted by Crippen LogP contribution is 2.26. The number of hydrogen-bond donors (Lipinski definition) is 1. The van der Waals surface area contributed by atoms with Gasteiger partial charge in [-0.2, -0.15) is 4.98 Å². The number of aromatic nitrogens is 2. The first-order valence-corrected chi connectivity index (χ1v) is 5.50. The Labute approximate surface area is 100 Å². The largest absolute Gasteiger partial charge is 0.437 e. The summed E-state index contributed by atoms with van der Waals surface area (Å²) < 4.78 is 5.62. The third kappa shape index (κ3) is 2.72.